The first kappa shape index (κ1) is 9.72. The quantitative estimate of drug-likeness (QED) is 0.557. The van der Waals surface area contributed by atoms with E-state index < -0.39 is 6.04 Å². The van der Waals surface area contributed by atoms with E-state index in [1.54, 1.807) is 6.92 Å². The zero-order valence-corrected chi connectivity index (χ0v) is 7.78. The predicted molar refractivity (Wildman–Crippen MR) is 45.3 cm³/mol. The molecule has 1 atom stereocenters. The lowest BCUT2D eigenvalue weighted by Crippen LogP contribution is -2.47. The number of piperidine rings is 1. The second kappa shape index (κ2) is 3.56. The van der Waals surface area contributed by atoms with Crippen LogP contribution in [0.5, 0.6) is 0 Å². The van der Waals surface area contributed by atoms with Gasteiger partial charge in [0.15, 0.2) is 0 Å². The molecule has 1 saturated heterocycles. The normalized spacial score (nSPS) is 21.5. The van der Waals surface area contributed by atoms with Gasteiger partial charge in [-0.2, -0.15) is 5.26 Å². The van der Waals surface area contributed by atoms with Crippen molar-refractivity contribution in [1.82, 2.24) is 4.90 Å². The van der Waals surface area contributed by atoms with Crippen LogP contribution in [0.25, 0.3) is 0 Å². The van der Waals surface area contributed by atoms with Gasteiger partial charge in [-0.1, -0.05) is 6.92 Å². The lowest BCUT2D eigenvalue weighted by Gasteiger charge is -2.29. The summed E-state index contributed by atoms with van der Waals surface area (Å²) in [6.07, 6.45) is 0.746. The second-order valence-electron chi connectivity index (χ2n) is 3.48. The molecule has 0 saturated carbocycles. The van der Waals surface area contributed by atoms with Crippen molar-refractivity contribution in [2.24, 2.45) is 5.92 Å². The van der Waals surface area contributed by atoms with Crippen LogP contribution in [0, 0.1) is 17.2 Å². The van der Waals surface area contributed by atoms with Gasteiger partial charge >= 0.3 is 0 Å². The Labute approximate surface area is 77.1 Å². The van der Waals surface area contributed by atoms with Crippen molar-refractivity contribution >= 4 is 11.8 Å². The minimum absolute atomic E-state index is 0.113. The van der Waals surface area contributed by atoms with Gasteiger partial charge in [0.25, 0.3) is 0 Å². The van der Waals surface area contributed by atoms with E-state index >= 15 is 0 Å². The van der Waals surface area contributed by atoms with Gasteiger partial charge in [-0.25, -0.2) is 0 Å². The highest BCUT2D eigenvalue weighted by molar-refractivity contribution is 5.98. The average Bonchev–Trinajstić information content (AvgIpc) is 2.02. The first-order valence-electron chi connectivity index (χ1n) is 4.30. The van der Waals surface area contributed by atoms with Crippen LogP contribution >= 0.6 is 0 Å². The van der Waals surface area contributed by atoms with Crippen LogP contribution < -0.4 is 0 Å². The molecule has 70 valence electrons. The van der Waals surface area contributed by atoms with Gasteiger partial charge in [0.05, 0.1) is 6.07 Å². The number of likely N-dealkylation sites (tertiary alicyclic amines) is 1. The highest BCUT2D eigenvalue weighted by atomic mass is 16.2. The summed E-state index contributed by atoms with van der Waals surface area (Å²) < 4.78 is 0. The second-order valence-corrected chi connectivity index (χ2v) is 3.48. The number of nitrogens with zero attached hydrogens (tertiary/aromatic N) is 2. The smallest absolute Gasteiger partial charge is 0.230 e. The predicted octanol–water partition coefficient (Wildman–Crippen LogP) is 0.684. The number of amides is 2. The molecule has 0 aromatic heterocycles. The zero-order chi connectivity index (χ0) is 10.0. The fourth-order valence-electron chi connectivity index (χ4n) is 1.49. The van der Waals surface area contributed by atoms with Crippen LogP contribution in [0.3, 0.4) is 0 Å². The fraction of sp³-hybridized carbons (Fsp3) is 0.667. The van der Waals surface area contributed by atoms with Crippen LogP contribution in [-0.2, 0) is 9.59 Å². The number of hydrogen-bond acceptors (Lipinski definition) is 3. The first-order chi connectivity index (χ1) is 6.06. The average molecular weight is 180 g/mol. The maximum atomic E-state index is 11.4. The molecule has 0 N–H and O–H groups in total. The number of imide groups is 1. The van der Waals surface area contributed by atoms with Crippen molar-refractivity contribution in [3.05, 3.63) is 0 Å². The maximum absolute atomic E-state index is 11.4. The fourth-order valence-corrected chi connectivity index (χ4v) is 1.49. The van der Waals surface area contributed by atoms with Crippen molar-refractivity contribution in [1.29, 1.82) is 5.26 Å². The number of hydrogen-bond donors (Lipinski definition) is 0. The molecule has 13 heavy (non-hydrogen) atoms. The summed E-state index contributed by atoms with van der Waals surface area (Å²) in [5, 5.41) is 8.59. The van der Waals surface area contributed by atoms with E-state index in [1.807, 2.05) is 13.0 Å². The molecular formula is C9H12N2O2. The van der Waals surface area contributed by atoms with Crippen molar-refractivity contribution in [3.8, 4) is 6.07 Å². The third kappa shape index (κ3) is 1.86. The van der Waals surface area contributed by atoms with Crippen LogP contribution in [0.2, 0.25) is 0 Å². The molecule has 1 rings (SSSR count). The number of carbonyl (C=O) groups is 2. The maximum Gasteiger partial charge on any atom is 0.230 e. The van der Waals surface area contributed by atoms with Crippen LogP contribution in [0.15, 0.2) is 0 Å². The largest absolute Gasteiger partial charge is 0.274 e. The SMILES string of the molecule is CC1CC(=O)N(C(C)C#N)C(=O)C1. The van der Waals surface area contributed by atoms with Crippen molar-refractivity contribution in [3.63, 3.8) is 0 Å². The molecule has 2 amide bonds. The van der Waals surface area contributed by atoms with Crippen molar-refractivity contribution in [2.75, 3.05) is 0 Å². The molecule has 0 spiro atoms. The van der Waals surface area contributed by atoms with E-state index in [1.165, 1.54) is 0 Å². The Morgan fingerprint density at radius 2 is 1.92 bits per heavy atom. The number of rotatable bonds is 1. The summed E-state index contributed by atoms with van der Waals surface area (Å²) in [4.78, 5) is 23.8. The summed E-state index contributed by atoms with van der Waals surface area (Å²) in [7, 11) is 0. The minimum Gasteiger partial charge on any atom is -0.274 e. The summed E-state index contributed by atoms with van der Waals surface area (Å²) in [5.74, 6) is -0.335. The van der Waals surface area contributed by atoms with E-state index in [2.05, 4.69) is 0 Å². The van der Waals surface area contributed by atoms with Crippen molar-refractivity contribution in [2.45, 2.75) is 32.7 Å². The standard InChI is InChI=1S/C9H12N2O2/c1-6-3-8(12)11(7(2)5-10)9(13)4-6/h6-7H,3-4H2,1-2H3. The molecule has 0 aromatic carbocycles. The van der Waals surface area contributed by atoms with Gasteiger partial charge in [-0.3, -0.25) is 14.5 Å². The van der Waals surface area contributed by atoms with E-state index in [-0.39, 0.29) is 17.7 Å². The summed E-state index contributed by atoms with van der Waals surface area (Å²) in [5.41, 5.74) is 0. The monoisotopic (exact) mass is 180 g/mol. The molecule has 1 aliphatic heterocycles. The Hall–Kier alpha value is -1.37. The molecule has 0 aliphatic carbocycles. The zero-order valence-electron chi connectivity index (χ0n) is 7.78. The highest BCUT2D eigenvalue weighted by Crippen LogP contribution is 2.20. The van der Waals surface area contributed by atoms with Crippen LogP contribution in [-0.4, -0.2) is 22.8 Å². The molecule has 1 aliphatic rings. The van der Waals surface area contributed by atoms with Gasteiger partial charge in [-0.05, 0) is 12.8 Å². The summed E-state index contributed by atoms with van der Waals surface area (Å²) in [6.45, 7) is 3.43. The topological polar surface area (TPSA) is 61.2 Å². The lowest BCUT2D eigenvalue weighted by molar-refractivity contribution is -0.150. The molecule has 1 unspecified atom stereocenters. The van der Waals surface area contributed by atoms with E-state index in [0.717, 1.165) is 4.90 Å². The first-order valence-corrected chi connectivity index (χ1v) is 4.30. The Kier molecular flexibility index (Phi) is 2.66. The van der Waals surface area contributed by atoms with Crippen LogP contribution in [0.1, 0.15) is 26.7 Å². The minimum atomic E-state index is -0.632. The molecule has 1 heterocycles. The van der Waals surface area contributed by atoms with Gasteiger partial charge in [0, 0.05) is 12.8 Å². The molecule has 0 radical (unpaired) electrons. The summed E-state index contributed by atoms with van der Waals surface area (Å²) in [6, 6.07) is 1.26. The molecule has 0 aromatic rings. The van der Waals surface area contributed by atoms with E-state index in [4.69, 9.17) is 5.26 Å². The molecule has 1 fully saturated rings. The molecule has 0 bridgehead atoms. The third-order valence-corrected chi connectivity index (χ3v) is 2.16. The molecular weight excluding hydrogens is 168 g/mol. The molecule has 4 nitrogen and oxygen atoms in total. The summed E-state index contributed by atoms with van der Waals surface area (Å²) >= 11 is 0. The Bertz CT molecular complexity index is 262. The Morgan fingerprint density at radius 1 is 1.46 bits per heavy atom. The van der Waals surface area contributed by atoms with Gasteiger partial charge in [-0.15, -0.1) is 0 Å². The van der Waals surface area contributed by atoms with Crippen LogP contribution in [0.4, 0.5) is 0 Å². The van der Waals surface area contributed by atoms with Gasteiger partial charge in [0.1, 0.15) is 6.04 Å². The highest BCUT2D eigenvalue weighted by Gasteiger charge is 2.33. The van der Waals surface area contributed by atoms with Gasteiger partial charge < -0.3 is 0 Å². The Morgan fingerprint density at radius 3 is 2.31 bits per heavy atom. The van der Waals surface area contributed by atoms with Gasteiger partial charge in [0.2, 0.25) is 11.8 Å². The number of nitriles is 1. The van der Waals surface area contributed by atoms with Crippen molar-refractivity contribution < 1.29 is 9.59 Å². The van der Waals surface area contributed by atoms with E-state index in [0.29, 0.717) is 12.8 Å². The lowest BCUT2D eigenvalue weighted by atomic mass is 9.97. The van der Waals surface area contributed by atoms with E-state index in [9.17, 15) is 9.59 Å². The third-order valence-electron chi connectivity index (χ3n) is 2.16. The Balaban J connectivity index is 2.80. The molecule has 4 heteroatoms. The number of carbonyl (C=O) groups excluding carboxylic acids is 2.